The van der Waals surface area contributed by atoms with Crippen LogP contribution in [0.2, 0.25) is 5.02 Å². The van der Waals surface area contributed by atoms with Gasteiger partial charge >= 0.3 is 0 Å². The molecule has 3 aromatic heterocycles. The van der Waals surface area contributed by atoms with Crippen molar-refractivity contribution in [3.8, 4) is 17.0 Å². The van der Waals surface area contributed by atoms with Gasteiger partial charge in [0.25, 0.3) is 5.91 Å². The van der Waals surface area contributed by atoms with Crippen molar-refractivity contribution in [2.45, 2.75) is 19.1 Å². The molecule has 11 heteroatoms. The minimum absolute atomic E-state index is 0.279. The predicted octanol–water partition coefficient (Wildman–Crippen LogP) is 2.57. The van der Waals surface area contributed by atoms with E-state index >= 15 is 0 Å². The van der Waals surface area contributed by atoms with Crippen LogP contribution in [-0.2, 0) is 6.54 Å². The first-order valence-corrected chi connectivity index (χ1v) is 11.3. The third-order valence-corrected chi connectivity index (χ3v) is 6.08. The maximum Gasteiger partial charge on any atom is 0.261 e. The van der Waals surface area contributed by atoms with E-state index in [1.54, 1.807) is 59.2 Å². The van der Waals surface area contributed by atoms with Crippen molar-refractivity contribution in [1.29, 1.82) is 0 Å². The Bertz CT molecular complexity index is 1340. The molecule has 0 spiro atoms. The van der Waals surface area contributed by atoms with Crippen molar-refractivity contribution in [2.24, 2.45) is 0 Å². The first-order chi connectivity index (χ1) is 16.5. The molecular formula is C23H24ClN7O3. The van der Waals surface area contributed by atoms with E-state index in [-0.39, 0.29) is 12.0 Å². The zero-order valence-electron chi connectivity index (χ0n) is 18.6. The number of nitrogens with one attached hydrogen (secondary N) is 1. The number of nitrogens with zero attached hydrogens (tertiary/aromatic N) is 6. The van der Waals surface area contributed by atoms with E-state index in [4.69, 9.17) is 21.4 Å². The van der Waals surface area contributed by atoms with Gasteiger partial charge in [-0.25, -0.2) is 9.50 Å². The van der Waals surface area contributed by atoms with Crippen LogP contribution in [0.4, 0.5) is 5.69 Å². The zero-order chi connectivity index (χ0) is 23.7. The lowest BCUT2D eigenvalue weighted by Gasteiger charge is -2.14. The van der Waals surface area contributed by atoms with Gasteiger partial charge < -0.3 is 15.2 Å². The number of aliphatic hydroxyl groups excluding tert-OH is 1. The highest BCUT2D eigenvalue weighted by Gasteiger charge is 2.22. The number of anilines is 1. The number of methoxy groups -OCH3 is 1. The van der Waals surface area contributed by atoms with Gasteiger partial charge in [0.05, 0.1) is 31.6 Å². The summed E-state index contributed by atoms with van der Waals surface area (Å²) >= 11 is 6.27. The van der Waals surface area contributed by atoms with E-state index in [0.717, 1.165) is 19.5 Å². The molecule has 1 aliphatic heterocycles. The molecule has 2 N–H and O–H groups in total. The topological polar surface area (TPSA) is 110 Å². The zero-order valence-corrected chi connectivity index (χ0v) is 19.3. The molecule has 4 aromatic rings. The molecule has 1 aliphatic rings. The fourth-order valence-corrected chi connectivity index (χ4v) is 4.30. The Balaban J connectivity index is 1.47. The molecule has 0 aliphatic carbocycles. The van der Waals surface area contributed by atoms with Crippen LogP contribution in [0.15, 0.2) is 49.1 Å². The summed E-state index contributed by atoms with van der Waals surface area (Å²) in [5.74, 6) is 0.239. The number of carbonyl (C=O) groups is 1. The van der Waals surface area contributed by atoms with Gasteiger partial charge in [-0.15, -0.1) is 0 Å². The number of carbonyl (C=O) groups excluding carboxylic acids is 1. The number of rotatable bonds is 7. The molecule has 0 radical (unpaired) electrons. The summed E-state index contributed by atoms with van der Waals surface area (Å²) in [5, 5.41) is 22.2. The van der Waals surface area contributed by atoms with Crippen LogP contribution in [0.3, 0.4) is 0 Å². The van der Waals surface area contributed by atoms with Crippen LogP contribution in [0, 0.1) is 0 Å². The minimum Gasteiger partial charge on any atom is -0.496 e. The highest BCUT2D eigenvalue weighted by Crippen LogP contribution is 2.36. The normalized spacial score (nSPS) is 16.3. The van der Waals surface area contributed by atoms with Crippen LogP contribution in [0.1, 0.15) is 16.8 Å². The number of fused-ring (bicyclic) bond motifs is 1. The molecule has 176 valence electrons. The smallest absolute Gasteiger partial charge is 0.261 e. The van der Waals surface area contributed by atoms with Gasteiger partial charge in [-0.3, -0.25) is 14.4 Å². The molecule has 1 atom stereocenters. The first kappa shape index (κ1) is 22.3. The number of amides is 1. The van der Waals surface area contributed by atoms with Gasteiger partial charge in [0.1, 0.15) is 17.0 Å². The number of β-amino-alcohol motifs (C(OH)–C–C–N with tert-alkyl or cyclic N) is 1. The van der Waals surface area contributed by atoms with Gasteiger partial charge in [0.15, 0.2) is 5.65 Å². The summed E-state index contributed by atoms with van der Waals surface area (Å²) < 4.78 is 8.85. The number of aromatic nitrogens is 5. The fourth-order valence-electron chi connectivity index (χ4n) is 4.13. The molecule has 1 fully saturated rings. The lowest BCUT2D eigenvalue weighted by molar-refractivity contribution is 0.102. The number of aliphatic hydroxyl groups is 1. The fraction of sp³-hybridized carbons (Fsp3) is 0.304. The van der Waals surface area contributed by atoms with E-state index in [2.05, 4.69) is 20.3 Å². The molecule has 4 heterocycles. The number of likely N-dealkylation sites (tertiary alicyclic amines) is 1. The molecule has 5 rings (SSSR count). The van der Waals surface area contributed by atoms with Crippen LogP contribution in [-0.4, -0.2) is 73.1 Å². The maximum atomic E-state index is 13.2. The number of hydrogen-bond donors (Lipinski definition) is 2. The second kappa shape index (κ2) is 9.41. The Hall–Kier alpha value is -3.47. The summed E-state index contributed by atoms with van der Waals surface area (Å²) in [4.78, 5) is 19.6. The van der Waals surface area contributed by atoms with E-state index < -0.39 is 0 Å². The molecule has 10 nitrogen and oxygen atoms in total. The summed E-state index contributed by atoms with van der Waals surface area (Å²) in [7, 11) is 1.57. The first-order valence-electron chi connectivity index (χ1n) is 10.9. The largest absolute Gasteiger partial charge is 0.496 e. The van der Waals surface area contributed by atoms with E-state index in [9.17, 15) is 9.90 Å². The predicted molar refractivity (Wildman–Crippen MR) is 127 cm³/mol. The highest BCUT2D eigenvalue weighted by atomic mass is 35.5. The van der Waals surface area contributed by atoms with E-state index in [1.807, 2.05) is 0 Å². The third-order valence-electron chi connectivity index (χ3n) is 5.84. The standard InChI is InChI=1S/C23H24ClN7O3/c1-34-20-4-3-15(24)11-17(20)21-19(14-30(28-21)10-9-29-8-5-16(32)13-29)27-23(33)18-12-26-31-7-2-6-25-22(18)31/h2-4,6-7,11-12,14,16,32H,5,8-10,13H2,1H3,(H,27,33)/t16-/m0/s1. The summed E-state index contributed by atoms with van der Waals surface area (Å²) in [6, 6.07) is 7.01. The van der Waals surface area contributed by atoms with Crippen molar-refractivity contribution in [2.75, 3.05) is 32.1 Å². The average Bonchev–Trinajstić information content (AvgIpc) is 3.56. The number of hydrogen-bond acceptors (Lipinski definition) is 7. The van der Waals surface area contributed by atoms with E-state index in [0.29, 0.717) is 52.0 Å². The third kappa shape index (κ3) is 4.47. The van der Waals surface area contributed by atoms with Crippen LogP contribution in [0.25, 0.3) is 16.9 Å². The van der Waals surface area contributed by atoms with Gasteiger partial charge in [0, 0.05) is 48.8 Å². The second-order valence-corrected chi connectivity index (χ2v) is 8.58. The quantitative estimate of drug-likeness (QED) is 0.417. The highest BCUT2D eigenvalue weighted by molar-refractivity contribution is 6.31. The van der Waals surface area contributed by atoms with Crippen LogP contribution < -0.4 is 10.1 Å². The monoisotopic (exact) mass is 481 g/mol. The number of halogens is 1. The van der Waals surface area contributed by atoms with Crippen molar-refractivity contribution < 1.29 is 14.6 Å². The molecule has 1 amide bonds. The lowest BCUT2D eigenvalue weighted by Crippen LogP contribution is -2.26. The maximum absolute atomic E-state index is 13.2. The Morgan fingerprint density at radius 1 is 1.35 bits per heavy atom. The van der Waals surface area contributed by atoms with Gasteiger partial charge in [-0.1, -0.05) is 11.6 Å². The molecule has 0 unspecified atom stereocenters. The van der Waals surface area contributed by atoms with Gasteiger partial charge in [-0.05, 0) is 30.7 Å². The number of ether oxygens (including phenoxy) is 1. The van der Waals surface area contributed by atoms with Crippen molar-refractivity contribution in [3.05, 3.63) is 59.6 Å². The van der Waals surface area contributed by atoms with E-state index in [1.165, 1.54) is 6.20 Å². The summed E-state index contributed by atoms with van der Waals surface area (Å²) in [6.45, 7) is 2.83. The lowest BCUT2D eigenvalue weighted by atomic mass is 10.1. The summed E-state index contributed by atoms with van der Waals surface area (Å²) in [5.41, 5.74) is 2.53. The van der Waals surface area contributed by atoms with Crippen molar-refractivity contribution in [3.63, 3.8) is 0 Å². The van der Waals surface area contributed by atoms with Crippen molar-refractivity contribution >= 4 is 28.8 Å². The molecule has 0 saturated carbocycles. The molecule has 1 aromatic carbocycles. The molecular weight excluding hydrogens is 458 g/mol. The van der Waals surface area contributed by atoms with Gasteiger partial charge in [0.2, 0.25) is 0 Å². The minimum atomic E-state index is -0.349. The molecule has 1 saturated heterocycles. The Kier molecular flexibility index (Phi) is 6.18. The Morgan fingerprint density at radius 3 is 3.03 bits per heavy atom. The molecule has 34 heavy (non-hydrogen) atoms. The average molecular weight is 482 g/mol. The Labute approximate surface area is 200 Å². The molecule has 0 bridgehead atoms. The summed E-state index contributed by atoms with van der Waals surface area (Å²) in [6.07, 6.45) is 7.12. The number of benzene rings is 1. The SMILES string of the molecule is COc1ccc(Cl)cc1-c1nn(CCN2CC[C@H](O)C2)cc1NC(=O)c1cnn2cccnc12. The van der Waals surface area contributed by atoms with Gasteiger partial charge in [-0.2, -0.15) is 10.2 Å². The van der Waals surface area contributed by atoms with Crippen LogP contribution in [0.5, 0.6) is 5.75 Å². The van der Waals surface area contributed by atoms with Crippen molar-refractivity contribution in [1.82, 2.24) is 29.3 Å². The second-order valence-electron chi connectivity index (χ2n) is 8.14. The Morgan fingerprint density at radius 2 is 2.24 bits per heavy atom. The van der Waals surface area contributed by atoms with Crippen LogP contribution >= 0.6 is 11.6 Å².